The molecule has 0 unspecified atom stereocenters. The highest BCUT2D eigenvalue weighted by molar-refractivity contribution is 6.36. The molecule has 1 aromatic heterocycles. The van der Waals surface area contributed by atoms with Crippen molar-refractivity contribution in [2.45, 2.75) is 51.1 Å². The minimum atomic E-state index is -0.414. The molecule has 8 nitrogen and oxygen atoms in total. The molecule has 2 aromatic carbocycles. The molecule has 0 bridgehead atoms. The van der Waals surface area contributed by atoms with Crippen molar-refractivity contribution in [3.8, 4) is 12.1 Å². The van der Waals surface area contributed by atoms with Crippen LogP contribution in [0.25, 0.3) is 10.8 Å². The van der Waals surface area contributed by atoms with Crippen LogP contribution in [0.15, 0.2) is 30.3 Å². The maximum absolute atomic E-state index is 14.5. The summed E-state index contributed by atoms with van der Waals surface area (Å²) in [5, 5.41) is 14.6. The first-order chi connectivity index (χ1) is 20.5. The van der Waals surface area contributed by atoms with Gasteiger partial charge >= 0.3 is 6.01 Å². The second-order valence-corrected chi connectivity index (χ2v) is 12.8. The van der Waals surface area contributed by atoms with E-state index in [1.165, 1.54) is 44.8 Å². The number of aromatic nitrogens is 2. The minimum Gasteiger partial charge on any atom is -0.463 e. The number of halogens is 2. The normalized spacial score (nSPS) is 21.8. The van der Waals surface area contributed by atoms with E-state index in [0.29, 0.717) is 25.6 Å². The molecule has 42 heavy (non-hydrogen) atoms. The summed E-state index contributed by atoms with van der Waals surface area (Å²) in [5.74, 6) is 0.508. The predicted molar refractivity (Wildman–Crippen MR) is 163 cm³/mol. The van der Waals surface area contributed by atoms with E-state index in [1.807, 2.05) is 18.2 Å². The van der Waals surface area contributed by atoms with Crippen molar-refractivity contribution < 1.29 is 9.13 Å². The second-order valence-electron chi connectivity index (χ2n) is 12.4. The molecule has 3 aliphatic heterocycles. The van der Waals surface area contributed by atoms with Crippen LogP contribution in [0.1, 0.15) is 43.4 Å². The number of nitrogens with one attached hydrogen (secondary N) is 1. The van der Waals surface area contributed by atoms with Gasteiger partial charge in [0.15, 0.2) is 0 Å². The summed E-state index contributed by atoms with van der Waals surface area (Å²) in [6.45, 7) is 7.71. The molecule has 1 saturated carbocycles. The lowest BCUT2D eigenvalue weighted by atomic mass is 10.0. The van der Waals surface area contributed by atoms with Gasteiger partial charge in [-0.2, -0.15) is 15.2 Å². The topological polar surface area (TPSA) is 80.5 Å². The number of nitrogens with zero attached hydrogens (tertiary/aromatic N) is 6. The fourth-order valence-corrected chi connectivity index (χ4v) is 7.17. The number of hydrogen-bond acceptors (Lipinski definition) is 8. The SMILES string of the molecule is N#CC[C@H]1CN(c2nc(OCC3(CN4CCCC4)CC3)nc3c2CCN(c2cccc4ccc(F)c(Cl)c24)C3)CCN1. The maximum atomic E-state index is 14.5. The molecule has 1 atom stereocenters. The lowest BCUT2D eigenvalue weighted by Crippen LogP contribution is -2.51. The van der Waals surface area contributed by atoms with E-state index in [0.717, 1.165) is 72.7 Å². The molecular formula is C32H37ClFN7O. The first-order valence-electron chi connectivity index (χ1n) is 15.2. The first-order valence-corrected chi connectivity index (χ1v) is 15.6. The number of nitriles is 1. The molecule has 0 amide bonds. The van der Waals surface area contributed by atoms with Gasteiger partial charge in [0.05, 0.1) is 36.4 Å². The highest BCUT2D eigenvalue weighted by Crippen LogP contribution is 2.47. The Morgan fingerprint density at radius 3 is 2.76 bits per heavy atom. The zero-order valence-electron chi connectivity index (χ0n) is 23.9. The quantitative estimate of drug-likeness (QED) is 0.396. The zero-order valence-corrected chi connectivity index (χ0v) is 24.7. The van der Waals surface area contributed by atoms with Crippen LogP contribution >= 0.6 is 11.6 Å². The van der Waals surface area contributed by atoms with Gasteiger partial charge in [-0.15, -0.1) is 0 Å². The predicted octanol–water partition coefficient (Wildman–Crippen LogP) is 4.93. The number of anilines is 2. The van der Waals surface area contributed by atoms with Crippen molar-refractivity contribution in [3.63, 3.8) is 0 Å². The summed E-state index contributed by atoms with van der Waals surface area (Å²) in [7, 11) is 0. The number of rotatable bonds is 8. The monoisotopic (exact) mass is 589 g/mol. The van der Waals surface area contributed by atoms with Gasteiger partial charge in [-0.1, -0.05) is 29.8 Å². The van der Waals surface area contributed by atoms with E-state index in [4.69, 9.17) is 26.3 Å². The highest BCUT2D eigenvalue weighted by atomic mass is 35.5. The van der Waals surface area contributed by atoms with Crippen molar-refractivity contribution >= 4 is 33.9 Å². The highest BCUT2D eigenvalue weighted by Gasteiger charge is 2.45. The van der Waals surface area contributed by atoms with Crippen LogP contribution in [0, 0.1) is 22.6 Å². The lowest BCUT2D eigenvalue weighted by Gasteiger charge is -2.37. The standard InChI is InChI=1S/C32H37ClFN7O/c33-29-25(34)7-6-22-4-3-5-27(28(22)29)40-16-9-24-26(19-40)37-31(38-30(24)41-17-13-36-23(18-41)8-12-35)42-21-32(10-11-32)20-39-14-1-2-15-39/h3-7,23,36H,1-2,8-11,13-21H2/t23-/m0/s1. The molecule has 0 spiro atoms. The van der Waals surface area contributed by atoms with Crippen molar-refractivity contribution in [1.29, 1.82) is 5.26 Å². The molecule has 0 radical (unpaired) electrons. The number of ether oxygens (including phenoxy) is 1. The summed E-state index contributed by atoms with van der Waals surface area (Å²) in [4.78, 5) is 17.1. The third-order valence-corrected chi connectivity index (χ3v) is 9.76. The molecule has 10 heteroatoms. The Hall–Kier alpha value is -3.19. The lowest BCUT2D eigenvalue weighted by molar-refractivity contribution is 0.169. The van der Waals surface area contributed by atoms with E-state index in [9.17, 15) is 9.65 Å². The molecule has 4 heterocycles. The van der Waals surface area contributed by atoms with Crippen molar-refractivity contribution in [3.05, 3.63) is 52.4 Å². The number of piperazine rings is 1. The van der Waals surface area contributed by atoms with Crippen LogP contribution < -0.4 is 19.9 Å². The molecule has 220 valence electrons. The fourth-order valence-electron chi connectivity index (χ4n) is 6.90. The molecule has 2 saturated heterocycles. The molecule has 3 fully saturated rings. The minimum absolute atomic E-state index is 0.0988. The Kier molecular flexibility index (Phi) is 7.55. The Balaban J connectivity index is 1.20. The van der Waals surface area contributed by atoms with Crippen molar-refractivity contribution in [2.75, 3.05) is 62.2 Å². The average molecular weight is 590 g/mol. The zero-order chi connectivity index (χ0) is 28.7. The summed E-state index contributed by atoms with van der Waals surface area (Å²) >= 11 is 6.51. The van der Waals surface area contributed by atoms with E-state index in [1.54, 1.807) is 6.07 Å². The Labute approximate surface area is 251 Å². The Morgan fingerprint density at radius 1 is 1.10 bits per heavy atom. The molecule has 7 rings (SSSR count). The van der Waals surface area contributed by atoms with Gasteiger partial charge in [0.1, 0.15) is 11.6 Å². The van der Waals surface area contributed by atoms with Crippen LogP contribution in [0.3, 0.4) is 0 Å². The number of fused-ring (bicyclic) bond motifs is 2. The van der Waals surface area contributed by atoms with Gasteiger partial charge in [-0.3, -0.25) is 0 Å². The second kappa shape index (κ2) is 11.5. The molecule has 3 aromatic rings. The summed E-state index contributed by atoms with van der Waals surface area (Å²) in [5.41, 5.74) is 3.17. The van der Waals surface area contributed by atoms with E-state index < -0.39 is 5.82 Å². The summed E-state index contributed by atoms with van der Waals surface area (Å²) in [6.07, 6.45) is 6.15. The largest absolute Gasteiger partial charge is 0.463 e. The van der Waals surface area contributed by atoms with E-state index in [-0.39, 0.29) is 16.5 Å². The fraction of sp³-hybridized carbons (Fsp3) is 0.531. The third-order valence-electron chi connectivity index (χ3n) is 9.39. The first kappa shape index (κ1) is 27.6. The molecule has 4 aliphatic rings. The number of likely N-dealkylation sites (tertiary alicyclic amines) is 1. The molecule has 1 aliphatic carbocycles. The number of hydrogen-bond donors (Lipinski definition) is 1. The van der Waals surface area contributed by atoms with Crippen molar-refractivity contribution in [2.24, 2.45) is 5.41 Å². The van der Waals surface area contributed by atoms with Crippen LogP contribution in [0.2, 0.25) is 5.02 Å². The maximum Gasteiger partial charge on any atom is 0.318 e. The molecular weight excluding hydrogens is 553 g/mol. The smallest absolute Gasteiger partial charge is 0.318 e. The van der Waals surface area contributed by atoms with Crippen molar-refractivity contribution in [1.82, 2.24) is 20.2 Å². The summed E-state index contributed by atoms with van der Waals surface area (Å²) in [6, 6.07) is 12.0. The van der Waals surface area contributed by atoms with Gasteiger partial charge in [0.25, 0.3) is 0 Å². The van der Waals surface area contributed by atoms with Gasteiger partial charge < -0.3 is 24.8 Å². The average Bonchev–Trinajstić information content (AvgIpc) is 3.58. The van der Waals surface area contributed by atoms with Gasteiger partial charge in [0, 0.05) is 60.8 Å². The van der Waals surface area contributed by atoms with Crippen LogP contribution in [-0.2, 0) is 13.0 Å². The number of benzene rings is 2. The third kappa shape index (κ3) is 5.48. The Bertz CT molecular complexity index is 1520. The van der Waals surface area contributed by atoms with Crippen LogP contribution in [0.4, 0.5) is 15.9 Å². The van der Waals surface area contributed by atoms with Crippen LogP contribution in [-0.4, -0.2) is 73.3 Å². The van der Waals surface area contributed by atoms with Gasteiger partial charge in [-0.25, -0.2) is 4.39 Å². The van der Waals surface area contributed by atoms with E-state index in [2.05, 4.69) is 26.1 Å². The Morgan fingerprint density at radius 2 is 1.95 bits per heavy atom. The van der Waals surface area contributed by atoms with Crippen LogP contribution in [0.5, 0.6) is 6.01 Å². The van der Waals surface area contributed by atoms with E-state index >= 15 is 0 Å². The van der Waals surface area contributed by atoms with Gasteiger partial charge in [0.2, 0.25) is 0 Å². The molecule has 1 N–H and O–H groups in total. The van der Waals surface area contributed by atoms with Gasteiger partial charge in [-0.05, 0) is 62.7 Å². The summed E-state index contributed by atoms with van der Waals surface area (Å²) < 4.78 is 21.0.